The third-order valence-corrected chi connectivity index (χ3v) is 2.62. The summed E-state index contributed by atoms with van der Waals surface area (Å²) in [5.74, 6) is 1.06. The highest BCUT2D eigenvalue weighted by molar-refractivity contribution is 6.31. The largest absolute Gasteiger partial charge is 0.255 e. The van der Waals surface area contributed by atoms with Crippen LogP contribution in [0.15, 0.2) is 18.2 Å². The predicted octanol–water partition coefficient (Wildman–Crippen LogP) is 4.60. The van der Waals surface area contributed by atoms with Crippen LogP contribution in [0.2, 0.25) is 5.02 Å². The van der Waals surface area contributed by atoms with E-state index in [2.05, 4.69) is 33.8 Å². The summed E-state index contributed by atoms with van der Waals surface area (Å²) in [6.45, 7) is 8.79. The molecule has 2 nitrogen and oxygen atoms in total. The third kappa shape index (κ3) is 3.82. The molecule has 0 bridgehead atoms. The van der Waals surface area contributed by atoms with E-state index < -0.39 is 0 Å². The van der Waals surface area contributed by atoms with Gasteiger partial charge in [0.2, 0.25) is 0 Å². The van der Waals surface area contributed by atoms with Gasteiger partial charge in [-0.3, -0.25) is 10.5 Å². The summed E-state index contributed by atoms with van der Waals surface area (Å²) in [4.78, 5) is 0. The minimum atomic E-state index is 0.506. The maximum atomic E-state index is 6.17. The Balaban J connectivity index is 0.000000921. The maximum absolute atomic E-state index is 6.17. The molecule has 0 unspecified atom stereocenters. The van der Waals surface area contributed by atoms with Crippen molar-refractivity contribution in [2.75, 3.05) is 0 Å². The molecule has 0 heterocycles. The molecule has 0 aliphatic rings. The van der Waals surface area contributed by atoms with Crippen LogP contribution in [0.4, 0.5) is 0 Å². The van der Waals surface area contributed by atoms with Crippen LogP contribution in [0.5, 0.6) is 0 Å². The minimum Gasteiger partial charge on any atom is -0.255 e. The molecule has 2 N–H and O–H groups in total. The topological polar surface area (TPSA) is 40.5 Å². The molecule has 0 amide bonds. The monoisotopic (exact) mass is 230 g/mol. The molecule has 15 heavy (non-hydrogen) atoms. The smallest absolute Gasteiger partial charge is 0.0443 e. The van der Waals surface area contributed by atoms with Crippen molar-refractivity contribution in [2.24, 2.45) is 0 Å². The Labute approximate surface area is 96.4 Å². The third-order valence-electron chi connectivity index (χ3n) is 2.29. The lowest BCUT2D eigenvalue weighted by molar-refractivity contribution is -0.176. The normalized spacial score (nSPS) is 10.2. The van der Waals surface area contributed by atoms with Crippen molar-refractivity contribution in [3.63, 3.8) is 0 Å². The van der Waals surface area contributed by atoms with E-state index in [-0.39, 0.29) is 0 Å². The summed E-state index contributed by atoms with van der Waals surface area (Å²) in [5.41, 5.74) is 2.68. The first-order chi connectivity index (χ1) is 7.04. The van der Waals surface area contributed by atoms with Crippen molar-refractivity contribution < 1.29 is 10.5 Å². The van der Waals surface area contributed by atoms with Gasteiger partial charge in [-0.15, -0.1) is 0 Å². The van der Waals surface area contributed by atoms with Gasteiger partial charge < -0.3 is 0 Å². The first-order valence-corrected chi connectivity index (χ1v) is 5.40. The van der Waals surface area contributed by atoms with Crippen molar-refractivity contribution in [1.82, 2.24) is 0 Å². The fourth-order valence-corrected chi connectivity index (χ4v) is 2.07. The highest BCUT2D eigenvalue weighted by atomic mass is 35.5. The number of rotatable bonds is 2. The molecule has 0 saturated carbocycles. The number of benzene rings is 1. The van der Waals surface area contributed by atoms with Gasteiger partial charge in [-0.25, -0.2) is 0 Å². The molecular formula is C12H19ClO2. The molecule has 0 fully saturated rings. The summed E-state index contributed by atoms with van der Waals surface area (Å²) in [5, 5.41) is 12.9. The fourth-order valence-electron chi connectivity index (χ4n) is 1.67. The Hall–Kier alpha value is -0.570. The molecule has 0 aromatic heterocycles. The van der Waals surface area contributed by atoms with Crippen molar-refractivity contribution in [1.29, 1.82) is 0 Å². The van der Waals surface area contributed by atoms with Crippen LogP contribution in [-0.2, 0) is 0 Å². The van der Waals surface area contributed by atoms with Crippen molar-refractivity contribution >= 4 is 11.6 Å². The second-order valence-corrected chi connectivity index (χ2v) is 4.46. The summed E-state index contributed by atoms with van der Waals surface area (Å²) >= 11 is 6.17. The lowest BCUT2D eigenvalue weighted by atomic mass is 9.91. The minimum absolute atomic E-state index is 0.506. The molecule has 0 saturated heterocycles. The van der Waals surface area contributed by atoms with E-state index in [1.807, 2.05) is 12.1 Å². The van der Waals surface area contributed by atoms with Crippen LogP contribution in [0.25, 0.3) is 0 Å². The lowest BCUT2D eigenvalue weighted by Gasteiger charge is -2.17. The standard InChI is InChI=1S/C12H17Cl.H2O2/c1-8(2)10-6-5-7-11(13)12(10)9(3)4;1-2/h5-9H,1-4H3;1-2H. The summed E-state index contributed by atoms with van der Waals surface area (Å²) in [6.07, 6.45) is 0. The molecule has 1 aromatic carbocycles. The Morgan fingerprint density at radius 3 is 1.87 bits per heavy atom. The average Bonchev–Trinajstić information content (AvgIpc) is 2.19. The molecule has 0 radical (unpaired) electrons. The van der Waals surface area contributed by atoms with Gasteiger partial charge in [0.25, 0.3) is 0 Å². The van der Waals surface area contributed by atoms with Crippen LogP contribution < -0.4 is 0 Å². The van der Waals surface area contributed by atoms with Crippen molar-refractivity contribution in [3.05, 3.63) is 34.3 Å². The molecule has 1 rings (SSSR count). The molecule has 86 valence electrons. The van der Waals surface area contributed by atoms with E-state index in [4.69, 9.17) is 22.1 Å². The first-order valence-electron chi connectivity index (χ1n) is 5.02. The van der Waals surface area contributed by atoms with Crippen molar-refractivity contribution in [3.8, 4) is 0 Å². The van der Waals surface area contributed by atoms with Gasteiger partial charge in [0, 0.05) is 5.02 Å². The van der Waals surface area contributed by atoms with Gasteiger partial charge in [0.15, 0.2) is 0 Å². The Morgan fingerprint density at radius 2 is 1.53 bits per heavy atom. The zero-order valence-corrected chi connectivity index (χ0v) is 10.4. The number of halogens is 1. The van der Waals surface area contributed by atoms with Crippen LogP contribution in [0.3, 0.4) is 0 Å². The molecular weight excluding hydrogens is 212 g/mol. The van der Waals surface area contributed by atoms with Gasteiger partial charge in [0.05, 0.1) is 0 Å². The van der Waals surface area contributed by atoms with Gasteiger partial charge in [-0.1, -0.05) is 51.4 Å². The Kier molecular flexibility index (Phi) is 6.57. The molecule has 3 heteroatoms. The van der Waals surface area contributed by atoms with Gasteiger partial charge in [-0.2, -0.15) is 0 Å². The highest BCUT2D eigenvalue weighted by Gasteiger charge is 2.12. The van der Waals surface area contributed by atoms with Crippen LogP contribution in [0, 0.1) is 0 Å². The van der Waals surface area contributed by atoms with E-state index >= 15 is 0 Å². The Morgan fingerprint density at radius 1 is 1.00 bits per heavy atom. The zero-order valence-electron chi connectivity index (χ0n) is 9.66. The molecule has 1 aromatic rings. The zero-order chi connectivity index (χ0) is 12.0. The van der Waals surface area contributed by atoms with Crippen molar-refractivity contribution in [2.45, 2.75) is 39.5 Å². The quantitative estimate of drug-likeness (QED) is 0.576. The van der Waals surface area contributed by atoms with E-state index in [0.717, 1.165) is 5.02 Å². The molecule has 0 aliphatic carbocycles. The van der Waals surface area contributed by atoms with Gasteiger partial charge in [0.1, 0.15) is 0 Å². The molecule has 0 spiro atoms. The van der Waals surface area contributed by atoms with E-state index in [1.165, 1.54) is 11.1 Å². The lowest BCUT2D eigenvalue weighted by Crippen LogP contribution is -1.99. The predicted molar refractivity (Wildman–Crippen MR) is 64.9 cm³/mol. The van der Waals surface area contributed by atoms with E-state index in [0.29, 0.717) is 11.8 Å². The number of hydrogen-bond donors (Lipinski definition) is 2. The second kappa shape index (κ2) is 6.83. The Bertz CT molecular complexity index is 296. The molecule has 0 aliphatic heterocycles. The number of hydrogen-bond acceptors (Lipinski definition) is 2. The summed E-state index contributed by atoms with van der Waals surface area (Å²) in [7, 11) is 0. The SMILES string of the molecule is CC(C)c1cccc(Cl)c1C(C)C.OO. The molecule has 0 atom stereocenters. The second-order valence-electron chi connectivity index (χ2n) is 4.05. The van der Waals surface area contributed by atoms with Crippen LogP contribution in [-0.4, -0.2) is 10.5 Å². The first kappa shape index (κ1) is 14.4. The van der Waals surface area contributed by atoms with E-state index in [1.54, 1.807) is 0 Å². The van der Waals surface area contributed by atoms with Gasteiger partial charge >= 0.3 is 0 Å². The van der Waals surface area contributed by atoms with E-state index in [9.17, 15) is 0 Å². The average molecular weight is 231 g/mol. The fraction of sp³-hybridized carbons (Fsp3) is 0.500. The van der Waals surface area contributed by atoms with Crippen LogP contribution in [0.1, 0.15) is 50.7 Å². The maximum Gasteiger partial charge on any atom is 0.0443 e. The summed E-state index contributed by atoms with van der Waals surface area (Å²) < 4.78 is 0. The highest BCUT2D eigenvalue weighted by Crippen LogP contribution is 2.31. The van der Waals surface area contributed by atoms with Crippen LogP contribution >= 0.6 is 11.6 Å². The van der Waals surface area contributed by atoms with Gasteiger partial charge in [-0.05, 0) is 29.0 Å². The summed E-state index contributed by atoms with van der Waals surface area (Å²) in [6, 6.07) is 6.18.